The van der Waals surface area contributed by atoms with Gasteiger partial charge < -0.3 is 10.6 Å². The van der Waals surface area contributed by atoms with Gasteiger partial charge in [0.15, 0.2) is 0 Å². The van der Waals surface area contributed by atoms with Gasteiger partial charge in [-0.25, -0.2) is 0 Å². The van der Waals surface area contributed by atoms with Gasteiger partial charge >= 0.3 is 0 Å². The van der Waals surface area contributed by atoms with Gasteiger partial charge in [-0.3, -0.25) is 0 Å². The first-order valence-electron chi connectivity index (χ1n) is 5.56. The Morgan fingerprint density at radius 3 is 2.23 bits per heavy atom. The van der Waals surface area contributed by atoms with E-state index in [1.807, 2.05) is 0 Å². The molecular formula is C11H24N2. The highest BCUT2D eigenvalue weighted by Gasteiger charge is 2.40. The number of hydrogen-bond donors (Lipinski definition) is 1. The molecule has 0 saturated heterocycles. The summed E-state index contributed by atoms with van der Waals surface area (Å²) in [5.74, 6) is 0. The first kappa shape index (κ1) is 11.0. The van der Waals surface area contributed by atoms with Crippen LogP contribution >= 0.6 is 0 Å². The summed E-state index contributed by atoms with van der Waals surface area (Å²) in [6.45, 7) is 2.22. The molecule has 0 aromatic heterocycles. The predicted molar refractivity (Wildman–Crippen MR) is 57.8 cm³/mol. The number of nitrogens with zero attached hydrogens (tertiary/aromatic N) is 1. The Balaban J connectivity index is 2.66. The molecule has 1 aliphatic carbocycles. The van der Waals surface area contributed by atoms with Crippen LogP contribution in [0.1, 0.15) is 45.4 Å². The van der Waals surface area contributed by atoms with Crippen LogP contribution in [0.4, 0.5) is 0 Å². The Morgan fingerprint density at radius 1 is 1.31 bits per heavy atom. The molecule has 78 valence electrons. The Kier molecular flexibility index (Phi) is 3.74. The standard InChI is InChI=1S/C11H24N2/c1-4-7-10(12)11(13(2)3)8-5-6-9-11/h10H,4-9,12H2,1-3H3. The molecule has 1 fully saturated rings. The predicted octanol–water partition coefficient (Wildman–Crippen LogP) is 1.99. The maximum atomic E-state index is 6.28. The molecule has 0 amide bonds. The van der Waals surface area contributed by atoms with Crippen LogP contribution < -0.4 is 5.73 Å². The monoisotopic (exact) mass is 184 g/mol. The van der Waals surface area contributed by atoms with Crippen molar-refractivity contribution in [3.63, 3.8) is 0 Å². The number of hydrogen-bond acceptors (Lipinski definition) is 2. The maximum absolute atomic E-state index is 6.28. The second kappa shape index (κ2) is 4.43. The molecule has 0 aromatic rings. The van der Waals surface area contributed by atoms with Gasteiger partial charge in [0.05, 0.1) is 0 Å². The van der Waals surface area contributed by atoms with E-state index in [2.05, 4.69) is 25.9 Å². The van der Waals surface area contributed by atoms with Crippen molar-refractivity contribution in [1.82, 2.24) is 4.90 Å². The zero-order chi connectivity index (χ0) is 9.90. The van der Waals surface area contributed by atoms with Crippen molar-refractivity contribution >= 4 is 0 Å². The Bertz CT molecular complexity index is 148. The minimum atomic E-state index is 0.315. The molecule has 0 aliphatic heterocycles. The summed E-state index contributed by atoms with van der Waals surface area (Å²) in [5, 5.41) is 0. The Hall–Kier alpha value is -0.0800. The molecule has 0 heterocycles. The van der Waals surface area contributed by atoms with Crippen LogP contribution in [0.2, 0.25) is 0 Å². The Labute approximate surface area is 82.5 Å². The molecule has 2 N–H and O–H groups in total. The van der Waals surface area contributed by atoms with Crippen molar-refractivity contribution in [3.8, 4) is 0 Å². The van der Waals surface area contributed by atoms with Crippen LogP contribution in [-0.2, 0) is 0 Å². The molecule has 13 heavy (non-hydrogen) atoms. The third kappa shape index (κ3) is 2.05. The summed E-state index contributed by atoms with van der Waals surface area (Å²) < 4.78 is 0. The smallest absolute Gasteiger partial charge is 0.0354 e. The molecule has 1 unspecified atom stereocenters. The van der Waals surface area contributed by atoms with Gasteiger partial charge in [0.2, 0.25) is 0 Å². The van der Waals surface area contributed by atoms with Gasteiger partial charge in [0, 0.05) is 11.6 Å². The lowest BCUT2D eigenvalue weighted by atomic mass is 9.85. The lowest BCUT2D eigenvalue weighted by molar-refractivity contribution is 0.118. The largest absolute Gasteiger partial charge is 0.326 e. The number of rotatable bonds is 4. The first-order chi connectivity index (χ1) is 6.13. The summed E-state index contributed by atoms with van der Waals surface area (Å²) in [4.78, 5) is 2.36. The van der Waals surface area contributed by atoms with Gasteiger partial charge in [-0.1, -0.05) is 26.2 Å². The van der Waals surface area contributed by atoms with E-state index in [0.717, 1.165) is 6.42 Å². The summed E-state index contributed by atoms with van der Waals surface area (Å²) in [6.07, 6.45) is 7.67. The van der Waals surface area contributed by atoms with Crippen LogP contribution in [0, 0.1) is 0 Å². The van der Waals surface area contributed by atoms with E-state index in [9.17, 15) is 0 Å². The highest BCUT2D eigenvalue weighted by Crippen LogP contribution is 2.37. The zero-order valence-electron chi connectivity index (χ0n) is 9.34. The van der Waals surface area contributed by atoms with E-state index in [4.69, 9.17) is 5.73 Å². The summed E-state index contributed by atoms with van der Waals surface area (Å²) in [6, 6.07) is 0.370. The highest BCUT2D eigenvalue weighted by molar-refractivity contribution is 5.00. The fourth-order valence-electron chi connectivity index (χ4n) is 2.72. The fraction of sp³-hybridized carbons (Fsp3) is 1.00. The van der Waals surface area contributed by atoms with Crippen LogP contribution in [-0.4, -0.2) is 30.6 Å². The van der Waals surface area contributed by atoms with E-state index < -0.39 is 0 Å². The third-order valence-corrected chi connectivity index (χ3v) is 3.65. The SMILES string of the molecule is CCCC(N)C1(N(C)C)CCCC1. The molecule has 0 spiro atoms. The quantitative estimate of drug-likeness (QED) is 0.724. The van der Waals surface area contributed by atoms with E-state index in [-0.39, 0.29) is 0 Å². The maximum Gasteiger partial charge on any atom is 0.0354 e. The molecule has 2 heteroatoms. The minimum Gasteiger partial charge on any atom is -0.326 e. The fourth-order valence-corrected chi connectivity index (χ4v) is 2.72. The van der Waals surface area contributed by atoms with Crippen molar-refractivity contribution in [3.05, 3.63) is 0 Å². The minimum absolute atomic E-state index is 0.315. The summed E-state index contributed by atoms with van der Waals surface area (Å²) in [5.41, 5.74) is 6.60. The number of nitrogens with two attached hydrogens (primary N) is 1. The van der Waals surface area contributed by atoms with Crippen molar-refractivity contribution < 1.29 is 0 Å². The second-order valence-corrected chi connectivity index (χ2v) is 4.60. The highest BCUT2D eigenvalue weighted by atomic mass is 15.2. The molecule has 0 bridgehead atoms. The molecule has 1 saturated carbocycles. The van der Waals surface area contributed by atoms with Gasteiger partial charge in [-0.2, -0.15) is 0 Å². The normalized spacial score (nSPS) is 23.8. The molecule has 2 nitrogen and oxygen atoms in total. The average Bonchev–Trinajstić information content (AvgIpc) is 2.53. The van der Waals surface area contributed by atoms with E-state index in [0.29, 0.717) is 11.6 Å². The summed E-state index contributed by atoms with van der Waals surface area (Å²) >= 11 is 0. The van der Waals surface area contributed by atoms with Crippen LogP contribution in [0.5, 0.6) is 0 Å². The first-order valence-corrected chi connectivity index (χ1v) is 5.56. The topological polar surface area (TPSA) is 29.3 Å². The molecule has 0 radical (unpaired) electrons. The van der Waals surface area contributed by atoms with E-state index >= 15 is 0 Å². The summed E-state index contributed by atoms with van der Waals surface area (Å²) in [7, 11) is 4.36. The lowest BCUT2D eigenvalue weighted by Crippen LogP contribution is -2.55. The van der Waals surface area contributed by atoms with Gasteiger partial charge in [-0.15, -0.1) is 0 Å². The van der Waals surface area contributed by atoms with Crippen LogP contribution in [0.25, 0.3) is 0 Å². The number of likely N-dealkylation sites (N-methyl/N-ethyl adjacent to an activating group) is 1. The van der Waals surface area contributed by atoms with Crippen LogP contribution in [0.3, 0.4) is 0 Å². The van der Waals surface area contributed by atoms with Crippen molar-refractivity contribution in [2.45, 2.75) is 57.0 Å². The Morgan fingerprint density at radius 2 is 1.85 bits per heavy atom. The molecule has 1 atom stereocenters. The van der Waals surface area contributed by atoms with E-state index in [1.54, 1.807) is 0 Å². The van der Waals surface area contributed by atoms with Crippen molar-refractivity contribution in [2.75, 3.05) is 14.1 Å². The molecule has 1 rings (SSSR count). The molecule has 0 aromatic carbocycles. The lowest BCUT2D eigenvalue weighted by Gasteiger charge is -2.41. The van der Waals surface area contributed by atoms with Gasteiger partial charge in [0.25, 0.3) is 0 Å². The van der Waals surface area contributed by atoms with Crippen molar-refractivity contribution in [1.29, 1.82) is 0 Å². The third-order valence-electron chi connectivity index (χ3n) is 3.65. The molecular weight excluding hydrogens is 160 g/mol. The van der Waals surface area contributed by atoms with Crippen LogP contribution in [0.15, 0.2) is 0 Å². The van der Waals surface area contributed by atoms with E-state index in [1.165, 1.54) is 32.1 Å². The van der Waals surface area contributed by atoms with Crippen molar-refractivity contribution in [2.24, 2.45) is 5.73 Å². The zero-order valence-corrected chi connectivity index (χ0v) is 9.34. The molecule has 1 aliphatic rings. The average molecular weight is 184 g/mol. The van der Waals surface area contributed by atoms with Gasteiger partial charge in [0.1, 0.15) is 0 Å². The van der Waals surface area contributed by atoms with Gasteiger partial charge in [-0.05, 0) is 33.4 Å². The second-order valence-electron chi connectivity index (χ2n) is 4.60.